The van der Waals surface area contributed by atoms with Crippen molar-refractivity contribution >= 4 is 0 Å². The molecule has 0 N–H and O–H groups in total. The van der Waals surface area contributed by atoms with E-state index in [-0.39, 0.29) is 6.29 Å². The van der Waals surface area contributed by atoms with Crippen LogP contribution in [0.15, 0.2) is 42.5 Å². The van der Waals surface area contributed by atoms with E-state index in [1.54, 1.807) is 0 Å². The van der Waals surface area contributed by atoms with Gasteiger partial charge >= 0.3 is 0 Å². The molecule has 2 nitrogen and oxygen atoms in total. The second kappa shape index (κ2) is 9.47. The van der Waals surface area contributed by atoms with Crippen molar-refractivity contribution in [1.29, 1.82) is 0 Å². The molecule has 0 saturated heterocycles. The Kier molecular flexibility index (Phi) is 7.63. The zero-order chi connectivity index (χ0) is 13.1. The molecule has 1 aromatic carbocycles. The lowest BCUT2D eigenvalue weighted by Gasteiger charge is -2.14. The molecule has 18 heavy (non-hydrogen) atoms. The third-order valence-corrected chi connectivity index (χ3v) is 2.23. The predicted molar refractivity (Wildman–Crippen MR) is 74.1 cm³/mol. The van der Waals surface area contributed by atoms with E-state index >= 15 is 0 Å². The number of ether oxygens (including phenoxy) is 2. The van der Waals surface area contributed by atoms with Gasteiger partial charge in [0.2, 0.25) is 0 Å². The summed E-state index contributed by atoms with van der Waals surface area (Å²) in [4.78, 5) is 0. The van der Waals surface area contributed by atoms with Gasteiger partial charge in [-0.1, -0.05) is 36.1 Å². The third-order valence-electron chi connectivity index (χ3n) is 2.23. The van der Waals surface area contributed by atoms with E-state index in [1.807, 2.05) is 56.3 Å². The van der Waals surface area contributed by atoms with Crippen molar-refractivity contribution < 1.29 is 9.47 Å². The Hall–Kier alpha value is -1.56. The summed E-state index contributed by atoms with van der Waals surface area (Å²) in [5.74, 6) is 6.06. The predicted octanol–water partition coefficient (Wildman–Crippen LogP) is 3.38. The Bertz CT molecular complexity index is 392. The van der Waals surface area contributed by atoms with E-state index in [4.69, 9.17) is 9.47 Å². The topological polar surface area (TPSA) is 18.5 Å². The standard InChI is InChI=1S/C16H20O2/c1-3-17-16(18-4-2)14-10-6-9-13-15-11-7-5-8-12-15/h5-8,10-12,16H,3-4,14H2,1-2H3/b10-6+. The molecular weight excluding hydrogens is 224 g/mol. The van der Waals surface area contributed by atoms with Gasteiger partial charge in [0.1, 0.15) is 0 Å². The quantitative estimate of drug-likeness (QED) is 0.564. The maximum atomic E-state index is 5.43. The summed E-state index contributed by atoms with van der Waals surface area (Å²) in [5, 5.41) is 0. The Morgan fingerprint density at radius 1 is 1.11 bits per heavy atom. The molecule has 0 amide bonds. The molecule has 0 aliphatic heterocycles. The van der Waals surface area contributed by atoms with Gasteiger partial charge in [-0.3, -0.25) is 0 Å². The lowest BCUT2D eigenvalue weighted by atomic mass is 10.2. The molecule has 1 rings (SSSR count). The van der Waals surface area contributed by atoms with Gasteiger partial charge in [0.05, 0.1) is 0 Å². The first-order chi connectivity index (χ1) is 8.86. The maximum absolute atomic E-state index is 5.43. The molecule has 0 heterocycles. The minimum absolute atomic E-state index is 0.158. The highest BCUT2D eigenvalue weighted by atomic mass is 16.7. The number of hydrogen-bond acceptors (Lipinski definition) is 2. The summed E-state index contributed by atoms with van der Waals surface area (Å²) in [6, 6.07) is 9.92. The fraction of sp³-hybridized carbons (Fsp3) is 0.375. The van der Waals surface area contributed by atoms with Gasteiger partial charge in [-0.2, -0.15) is 0 Å². The molecule has 0 aliphatic rings. The van der Waals surface area contributed by atoms with Gasteiger partial charge in [-0.05, 0) is 32.1 Å². The number of rotatable bonds is 6. The van der Waals surface area contributed by atoms with Crippen LogP contribution in [-0.2, 0) is 9.47 Å². The summed E-state index contributed by atoms with van der Waals surface area (Å²) >= 11 is 0. The minimum Gasteiger partial charge on any atom is -0.353 e. The molecule has 0 saturated carbocycles. The molecular formula is C16H20O2. The van der Waals surface area contributed by atoms with Gasteiger partial charge in [-0.25, -0.2) is 0 Å². The van der Waals surface area contributed by atoms with Crippen LogP contribution in [-0.4, -0.2) is 19.5 Å². The number of allylic oxidation sites excluding steroid dienone is 1. The van der Waals surface area contributed by atoms with E-state index < -0.39 is 0 Å². The van der Waals surface area contributed by atoms with Crippen molar-refractivity contribution in [3.05, 3.63) is 48.0 Å². The highest BCUT2D eigenvalue weighted by Gasteiger charge is 2.03. The van der Waals surface area contributed by atoms with E-state index in [0.717, 1.165) is 12.0 Å². The van der Waals surface area contributed by atoms with Crippen LogP contribution in [0.1, 0.15) is 25.8 Å². The molecule has 0 spiro atoms. The van der Waals surface area contributed by atoms with Crippen LogP contribution in [0.5, 0.6) is 0 Å². The molecule has 0 unspecified atom stereocenters. The first kappa shape index (κ1) is 14.5. The molecule has 0 atom stereocenters. The molecule has 0 bridgehead atoms. The molecule has 0 aromatic heterocycles. The highest BCUT2D eigenvalue weighted by Crippen LogP contribution is 2.02. The van der Waals surface area contributed by atoms with Crippen molar-refractivity contribution in [2.24, 2.45) is 0 Å². The summed E-state index contributed by atoms with van der Waals surface area (Å²) in [6.07, 6.45) is 4.39. The summed E-state index contributed by atoms with van der Waals surface area (Å²) < 4.78 is 10.9. The van der Waals surface area contributed by atoms with Crippen LogP contribution >= 0.6 is 0 Å². The monoisotopic (exact) mass is 244 g/mol. The second-order valence-corrected chi connectivity index (χ2v) is 3.61. The van der Waals surface area contributed by atoms with Gasteiger partial charge in [0.15, 0.2) is 6.29 Å². The maximum Gasteiger partial charge on any atom is 0.160 e. The van der Waals surface area contributed by atoms with Crippen LogP contribution < -0.4 is 0 Å². The molecule has 0 radical (unpaired) electrons. The molecule has 1 aromatic rings. The molecule has 0 fully saturated rings. The Morgan fingerprint density at radius 3 is 2.39 bits per heavy atom. The Labute approximate surface area is 110 Å². The highest BCUT2D eigenvalue weighted by molar-refractivity contribution is 5.36. The van der Waals surface area contributed by atoms with E-state index in [2.05, 4.69) is 11.8 Å². The summed E-state index contributed by atoms with van der Waals surface area (Å²) in [5.41, 5.74) is 1.02. The van der Waals surface area contributed by atoms with Gasteiger partial charge in [-0.15, -0.1) is 0 Å². The normalized spacial score (nSPS) is 10.6. The van der Waals surface area contributed by atoms with Gasteiger partial charge in [0.25, 0.3) is 0 Å². The average Bonchev–Trinajstić information content (AvgIpc) is 2.40. The zero-order valence-electron chi connectivity index (χ0n) is 11.1. The minimum atomic E-state index is -0.158. The van der Waals surface area contributed by atoms with Crippen molar-refractivity contribution in [3.8, 4) is 11.8 Å². The fourth-order valence-electron chi connectivity index (χ4n) is 1.44. The van der Waals surface area contributed by atoms with Gasteiger partial charge in [0, 0.05) is 25.2 Å². The van der Waals surface area contributed by atoms with Crippen molar-refractivity contribution in [2.45, 2.75) is 26.6 Å². The molecule has 0 aliphatic carbocycles. The van der Waals surface area contributed by atoms with Crippen LogP contribution in [0, 0.1) is 11.8 Å². The molecule has 2 heteroatoms. The average molecular weight is 244 g/mol. The van der Waals surface area contributed by atoms with E-state index in [0.29, 0.717) is 13.2 Å². The lowest BCUT2D eigenvalue weighted by molar-refractivity contribution is -0.133. The van der Waals surface area contributed by atoms with Crippen molar-refractivity contribution in [1.82, 2.24) is 0 Å². The summed E-state index contributed by atoms with van der Waals surface area (Å²) in [6.45, 7) is 5.25. The molecule has 96 valence electrons. The number of benzene rings is 1. The first-order valence-electron chi connectivity index (χ1n) is 6.31. The largest absolute Gasteiger partial charge is 0.353 e. The number of hydrogen-bond donors (Lipinski definition) is 0. The van der Waals surface area contributed by atoms with Gasteiger partial charge < -0.3 is 9.47 Å². The van der Waals surface area contributed by atoms with Crippen LogP contribution in [0.3, 0.4) is 0 Å². The van der Waals surface area contributed by atoms with Crippen LogP contribution in [0.2, 0.25) is 0 Å². The first-order valence-corrected chi connectivity index (χ1v) is 6.31. The Balaban J connectivity index is 2.38. The van der Waals surface area contributed by atoms with Crippen molar-refractivity contribution in [3.63, 3.8) is 0 Å². The van der Waals surface area contributed by atoms with Crippen LogP contribution in [0.4, 0.5) is 0 Å². The van der Waals surface area contributed by atoms with E-state index in [9.17, 15) is 0 Å². The smallest absolute Gasteiger partial charge is 0.160 e. The fourth-order valence-corrected chi connectivity index (χ4v) is 1.44. The van der Waals surface area contributed by atoms with Crippen molar-refractivity contribution in [2.75, 3.05) is 13.2 Å². The SMILES string of the molecule is CCOC(C/C=C/C#Cc1ccccc1)OCC. The van der Waals surface area contributed by atoms with Crippen LogP contribution in [0.25, 0.3) is 0 Å². The third kappa shape index (κ3) is 6.24. The zero-order valence-corrected chi connectivity index (χ0v) is 11.1. The van der Waals surface area contributed by atoms with E-state index in [1.165, 1.54) is 0 Å². The lowest BCUT2D eigenvalue weighted by Crippen LogP contribution is -2.16. The summed E-state index contributed by atoms with van der Waals surface area (Å²) in [7, 11) is 0. The second-order valence-electron chi connectivity index (χ2n) is 3.61. The Morgan fingerprint density at radius 2 is 1.78 bits per heavy atom.